The van der Waals surface area contributed by atoms with Crippen LogP contribution in [0.2, 0.25) is 0 Å². The fourth-order valence-corrected chi connectivity index (χ4v) is 3.11. The highest BCUT2D eigenvalue weighted by molar-refractivity contribution is 5.75. The third-order valence-corrected chi connectivity index (χ3v) is 4.27. The number of benzene rings is 1. The Hall–Kier alpha value is -2.07. The molecule has 21 heavy (non-hydrogen) atoms. The first-order valence-corrected chi connectivity index (χ1v) is 7.42. The molecule has 0 saturated heterocycles. The van der Waals surface area contributed by atoms with Gasteiger partial charge < -0.3 is 15.4 Å². The standard InChI is InChI=1S/C17H20N2O2/c18-14-6-2-1-5-13(14)12-9-10-19(17(21)11-12)15-7-3-4-8-16(15)20/h1-2,5-6,9-11,15-16,20H,3-4,7-8,18H2/t15-,16-/m0/s1. The molecule has 0 aliphatic heterocycles. The number of para-hydroxylation sites is 1. The van der Waals surface area contributed by atoms with Crippen molar-refractivity contribution in [2.45, 2.75) is 37.8 Å². The van der Waals surface area contributed by atoms with E-state index >= 15 is 0 Å². The highest BCUT2D eigenvalue weighted by Crippen LogP contribution is 2.29. The van der Waals surface area contributed by atoms with Crippen molar-refractivity contribution >= 4 is 5.69 Å². The summed E-state index contributed by atoms with van der Waals surface area (Å²) in [6.07, 6.45) is 5.07. The average Bonchev–Trinajstić information content (AvgIpc) is 2.49. The largest absolute Gasteiger partial charge is 0.398 e. The predicted octanol–water partition coefficient (Wildman–Crippen LogP) is 2.57. The molecule has 0 spiro atoms. The maximum atomic E-state index is 12.4. The molecule has 4 nitrogen and oxygen atoms in total. The fraction of sp³-hybridized carbons (Fsp3) is 0.353. The SMILES string of the molecule is Nc1ccccc1-c1ccn([C@H]2CCCC[C@@H]2O)c(=O)c1. The number of nitrogen functional groups attached to an aromatic ring is 1. The van der Waals surface area contributed by atoms with Crippen LogP contribution in [-0.4, -0.2) is 15.8 Å². The van der Waals surface area contributed by atoms with E-state index in [-0.39, 0.29) is 11.6 Å². The number of rotatable bonds is 2. The van der Waals surface area contributed by atoms with Gasteiger partial charge in [0.05, 0.1) is 12.1 Å². The molecule has 3 N–H and O–H groups in total. The molecule has 0 radical (unpaired) electrons. The Bertz CT molecular complexity index is 693. The van der Waals surface area contributed by atoms with Gasteiger partial charge in [0.15, 0.2) is 0 Å². The molecule has 110 valence electrons. The molecular weight excluding hydrogens is 264 g/mol. The number of aromatic nitrogens is 1. The number of nitrogens with zero attached hydrogens (tertiary/aromatic N) is 1. The number of hydrogen-bond donors (Lipinski definition) is 2. The Morgan fingerprint density at radius 2 is 1.90 bits per heavy atom. The van der Waals surface area contributed by atoms with E-state index < -0.39 is 6.10 Å². The van der Waals surface area contributed by atoms with Crippen LogP contribution < -0.4 is 11.3 Å². The number of aliphatic hydroxyl groups is 1. The second-order valence-corrected chi connectivity index (χ2v) is 5.67. The lowest BCUT2D eigenvalue weighted by Gasteiger charge is -2.29. The van der Waals surface area contributed by atoms with E-state index in [4.69, 9.17) is 5.73 Å². The quantitative estimate of drug-likeness (QED) is 0.833. The van der Waals surface area contributed by atoms with Gasteiger partial charge in [-0.25, -0.2) is 0 Å². The smallest absolute Gasteiger partial charge is 0.251 e. The van der Waals surface area contributed by atoms with Gasteiger partial charge in [0.25, 0.3) is 5.56 Å². The Morgan fingerprint density at radius 1 is 1.14 bits per heavy atom. The van der Waals surface area contributed by atoms with Crippen molar-refractivity contribution in [1.82, 2.24) is 4.57 Å². The summed E-state index contributed by atoms with van der Waals surface area (Å²) in [6.45, 7) is 0. The summed E-state index contributed by atoms with van der Waals surface area (Å²) in [7, 11) is 0. The van der Waals surface area contributed by atoms with E-state index in [0.29, 0.717) is 5.69 Å². The van der Waals surface area contributed by atoms with Crippen molar-refractivity contribution in [3.8, 4) is 11.1 Å². The lowest BCUT2D eigenvalue weighted by atomic mass is 9.92. The van der Waals surface area contributed by atoms with E-state index in [2.05, 4.69) is 0 Å². The van der Waals surface area contributed by atoms with Crippen molar-refractivity contribution in [3.05, 3.63) is 52.9 Å². The van der Waals surface area contributed by atoms with Crippen molar-refractivity contribution in [2.24, 2.45) is 0 Å². The summed E-state index contributed by atoms with van der Waals surface area (Å²) < 4.78 is 1.66. The van der Waals surface area contributed by atoms with Crippen LogP contribution in [0.4, 0.5) is 5.69 Å². The van der Waals surface area contributed by atoms with E-state index in [0.717, 1.165) is 36.8 Å². The van der Waals surface area contributed by atoms with E-state index in [9.17, 15) is 9.90 Å². The molecule has 0 amide bonds. The van der Waals surface area contributed by atoms with Crippen LogP contribution in [-0.2, 0) is 0 Å². The first-order valence-electron chi connectivity index (χ1n) is 7.42. The molecule has 1 aliphatic rings. The minimum Gasteiger partial charge on any atom is -0.398 e. The Balaban J connectivity index is 1.97. The molecule has 1 fully saturated rings. The zero-order valence-corrected chi connectivity index (χ0v) is 11.9. The molecule has 1 aliphatic carbocycles. The van der Waals surface area contributed by atoms with Crippen LogP contribution in [0.3, 0.4) is 0 Å². The Labute approximate surface area is 123 Å². The highest BCUT2D eigenvalue weighted by atomic mass is 16.3. The molecule has 2 aromatic rings. The zero-order chi connectivity index (χ0) is 14.8. The van der Waals surface area contributed by atoms with Crippen molar-refractivity contribution in [1.29, 1.82) is 0 Å². The zero-order valence-electron chi connectivity index (χ0n) is 11.9. The molecule has 3 rings (SSSR count). The number of pyridine rings is 1. The van der Waals surface area contributed by atoms with Gasteiger partial charge in [0.2, 0.25) is 0 Å². The molecule has 2 atom stereocenters. The predicted molar refractivity (Wildman–Crippen MR) is 84.1 cm³/mol. The van der Waals surface area contributed by atoms with Crippen LogP contribution in [0, 0.1) is 0 Å². The Kier molecular flexibility index (Phi) is 3.80. The summed E-state index contributed by atoms with van der Waals surface area (Å²) in [5.74, 6) is 0. The first-order chi connectivity index (χ1) is 10.2. The van der Waals surface area contributed by atoms with Gasteiger partial charge in [0.1, 0.15) is 0 Å². The van der Waals surface area contributed by atoms with Gasteiger partial charge in [-0.15, -0.1) is 0 Å². The maximum absolute atomic E-state index is 12.4. The highest BCUT2D eigenvalue weighted by Gasteiger charge is 2.25. The third kappa shape index (κ3) is 2.72. The molecular formula is C17H20N2O2. The second-order valence-electron chi connectivity index (χ2n) is 5.67. The molecule has 1 heterocycles. The summed E-state index contributed by atoms with van der Waals surface area (Å²) in [5.41, 5.74) is 8.22. The topological polar surface area (TPSA) is 68.2 Å². The summed E-state index contributed by atoms with van der Waals surface area (Å²) in [4.78, 5) is 12.4. The maximum Gasteiger partial charge on any atom is 0.251 e. The average molecular weight is 284 g/mol. The van der Waals surface area contributed by atoms with Crippen LogP contribution in [0.1, 0.15) is 31.7 Å². The molecule has 0 unspecified atom stereocenters. The van der Waals surface area contributed by atoms with Crippen LogP contribution >= 0.6 is 0 Å². The van der Waals surface area contributed by atoms with Gasteiger partial charge in [-0.1, -0.05) is 31.0 Å². The van der Waals surface area contributed by atoms with Crippen molar-refractivity contribution in [3.63, 3.8) is 0 Å². The second kappa shape index (κ2) is 5.74. The lowest BCUT2D eigenvalue weighted by Crippen LogP contribution is -2.34. The summed E-state index contributed by atoms with van der Waals surface area (Å²) >= 11 is 0. The molecule has 4 heteroatoms. The fourth-order valence-electron chi connectivity index (χ4n) is 3.11. The lowest BCUT2D eigenvalue weighted by molar-refractivity contribution is 0.0738. The molecule has 1 aromatic carbocycles. The third-order valence-electron chi connectivity index (χ3n) is 4.27. The van der Waals surface area contributed by atoms with Crippen LogP contribution in [0.25, 0.3) is 11.1 Å². The van der Waals surface area contributed by atoms with Crippen LogP contribution in [0.5, 0.6) is 0 Å². The van der Waals surface area contributed by atoms with Crippen molar-refractivity contribution < 1.29 is 5.11 Å². The molecule has 1 saturated carbocycles. The monoisotopic (exact) mass is 284 g/mol. The Morgan fingerprint density at radius 3 is 2.62 bits per heavy atom. The van der Waals surface area contributed by atoms with E-state index in [1.807, 2.05) is 30.3 Å². The van der Waals surface area contributed by atoms with Crippen LogP contribution in [0.15, 0.2) is 47.4 Å². The normalized spacial score (nSPS) is 22.1. The van der Waals surface area contributed by atoms with Gasteiger partial charge in [-0.05, 0) is 30.5 Å². The van der Waals surface area contributed by atoms with Gasteiger partial charge in [-0.3, -0.25) is 4.79 Å². The number of anilines is 1. The number of aliphatic hydroxyl groups excluding tert-OH is 1. The van der Waals surface area contributed by atoms with E-state index in [1.165, 1.54) is 0 Å². The summed E-state index contributed by atoms with van der Waals surface area (Å²) in [6, 6.07) is 10.9. The minimum absolute atomic E-state index is 0.0818. The van der Waals surface area contributed by atoms with Gasteiger partial charge in [-0.2, -0.15) is 0 Å². The van der Waals surface area contributed by atoms with Gasteiger partial charge >= 0.3 is 0 Å². The van der Waals surface area contributed by atoms with Crippen molar-refractivity contribution in [2.75, 3.05) is 5.73 Å². The van der Waals surface area contributed by atoms with Gasteiger partial charge in [0, 0.05) is 23.5 Å². The minimum atomic E-state index is -0.427. The van der Waals surface area contributed by atoms with E-state index in [1.54, 1.807) is 16.8 Å². The number of nitrogens with two attached hydrogens (primary N) is 1. The molecule has 1 aromatic heterocycles. The molecule has 0 bridgehead atoms. The first kappa shape index (κ1) is 13.9. The number of hydrogen-bond acceptors (Lipinski definition) is 3. The summed E-state index contributed by atoms with van der Waals surface area (Å²) in [5, 5.41) is 10.1.